The van der Waals surface area contributed by atoms with E-state index in [0.717, 1.165) is 11.8 Å². The second-order valence-corrected chi connectivity index (χ2v) is 5.52. The fourth-order valence-electron chi connectivity index (χ4n) is 2.83. The van der Waals surface area contributed by atoms with Gasteiger partial charge >= 0.3 is 0 Å². The fraction of sp³-hybridized carbons (Fsp3) is 0.810. The number of hydrogen-bond donors (Lipinski definition) is 1. The molecule has 2 rings (SSSR count). The van der Waals surface area contributed by atoms with E-state index in [2.05, 4.69) is 25.7 Å². The minimum absolute atomic E-state index is 0.513. The predicted octanol–water partition coefficient (Wildman–Crippen LogP) is 6.03. The minimum atomic E-state index is 0.513. The summed E-state index contributed by atoms with van der Waals surface area (Å²) < 4.78 is 0. The SMILES string of the molecule is C#C.C#C.CC.CC.NC(CCC1CC1)CC1CCCCC1. The lowest BCUT2D eigenvalue weighted by molar-refractivity contribution is 0.309. The molecule has 0 aromatic carbocycles. The topological polar surface area (TPSA) is 26.0 Å². The van der Waals surface area contributed by atoms with E-state index >= 15 is 0 Å². The second kappa shape index (κ2) is 22.4. The van der Waals surface area contributed by atoms with Crippen LogP contribution in [0.4, 0.5) is 0 Å². The largest absolute Gasteiger partial charge is 0.328 e. The molecule has 0 radical (unpaired) electrons. The normalized spacial score (nSPS) is 17.5. The molecule has 0 amide bonds. The maximum Gasteiger partial charge on any atom is 0.00415 e. The van der Waals surface area contributed by atoms with Gasteiger partial charge < -0.3 is 5.73 Å². The van der Waals surface area contributed by atoms with E-state index in [-0.39, 0.29) is 0 Å². The van der Waals surface area contributed by atoms with E-state index < -0.39 is 0 Å². The first-order valence-corrected chi connectivity index (χ1v) is 9.27. The quantitative estimate of drug-likeness (QED) is 0.617. The first-order chi connectivity index (χ1) is 10.8. The highest BCUT2D eigenvalue weighted by molar-refractivity contribution is 4.77. The molecule has 2 aliphatic rings. The van der Waals surface area contributed by atoms with Crippen LogP contribution in [0.2, 0.25) is 0 Å². The van der Waals surface area contributed by atoms with Crippen LogP contribution in [-0.4, -0.2) is 6.04 Å². The number of nitrogens with two attached hydrogens (primary N) is 1. The van der Waals surface area contributed by atoms with Crippen molar-refractivity contribution in [2.45, 2.75) is 97.9 Å². The third-order valence-corrected chi connectivity index (χ3v) is 4.00. The van der Waals surface area contributed by atoms with Crippen LogP contribution in [0.15, 0.2) is 0 Å². The first kappa shape index (κ1) is 26.0. The van der Waals surface area contributed by atoms with Crippen molar-refractivity contribution < 1.29 is 0 Å². The van der Waals surface area contributed by atoms with Crippen LogP contribution in [-0.2, 0) is 0 Å². The van der Waals surface area contributed by atoms with Crippen molar-refractivity contribution in [3.8, 4) is 25.7 Å². The summed E-state index contributed by atoms with van der Waals surface area (Å²) in [6, 6.07) is 0.513. The summed E-state index contributed by atoms with van der Waals surface area (Å²) in [6.07, 6.45) is 30.3. The van der Waals surface area contributed by atoms with Crippen LogP contribution in [0.25, 0.3) is 0 Å². The van der Waals surface area contributed by atoms with Crippen molar-refractivity contribution in [1.29, 1.82) is 0 Å². The van der Waals surface area contributed by atoms with Crippen LogP contribution in [0, 0.1) is 37.5 Å². The zero-order valence-corrected chi connectivity index (χ0v) is 15.7. The predicted molar refractivity (Wildman–Crippen MR) is 104 cm³/mol. The summed E-state index contributed by atoms with van der Waals surface area (Å²) in [7, 11) is 0. The van der Waals surface area contributed by atoms with Gasteiger partial charge in [0.15, 0.2) is 0 Å². The molecule has 2 N–H and O–H groups in total. The molecule has 0 aliphatic heterocycles. The van der Waals surface area contributed by atoms with Gasteiger partial charge in [-0.1, -0.05) is 72.6 Å². The lowest BCUT2D eigenvalue weighted by Gasteiger charge is -2.24. The molecule has 1 atom stereocenters. The van der Waals surface area contributed by atoms with Crippen molar-refractivity contribution in [3.05, 3.63) is 0 Å². The van der Waals surface area contributed by atoms with Gasteiger partial charge in [-0.15, -0.1) is 25.7 Å². The highest BCUT2D eigenvalue weighted by atomic mass is 14.6. The Balaban J connectivity index is -0.000000394. The highest BCUT2D eigenvalue weighted by Crippen LogP contribution is 2.35. The number of hydrogen-bond acceptors (Lipinski definition) is 1. The summed E-state index contributed by atoms with van der Waals surface area (Å²) in [4.78, 5) is 0. The van der Waals surface area contributed by atoms with Crippen LogP contribution >= 0.6 is 0 Å². The lowest BCUT2D eigenvalue weighted by Crippen LogP contribution is -2.24. The molecule has 1 unspecified atom stereocenters. The number of rotatable bonds is 5. The molecule has 0 aromatic rings. The Morgan fingerprint density at radius 2 is 1.23 bits per heavy atom. The van der Waals surface area contributed by atoms with Crippen LogP contribution in [0.5, 0.6) is 0 Å². The molecule has 130 valence electrons. The summed E-state index contributed by atoms with van der Waals surface area (Å²) >= 11 is 0. The fourth-order valence-corrected chi connectivity index (χ4v) is 2.83. The van der Waals surface area contributed by atoms with Gasteiger partial charge in [0.25, 0.3) is 0 Å². The van der Waals surface area contributed by atoms with Crippen LogP contribution in [0.3, 0.4) is 0 Å². The first-order valence-electron chi connectivity index (χ1n) is 9.27. The van der Waals surface area contributed by atoms with Gasteiger partial charge in [0.2, 0.25) is 0 Å². The molecule has 1 heteroatoms. The third-order valence-electron chi connectivity index (χ3n) is 4.00. The van der Waals surface area contributed by atoms with Crippen molar-refractivity contribution in [2.24, 2.45) is 17.6 Å². The molecule has 0 heterocycles. The smallest absolute Gasteiger partial charge is 0.00415 e. The minimum Gasteiger partial charge on any atom is -0.328 e. The Morgan fingerprint density at radius 3 is 1.64 bits per heavy atom. The van der Waals surface area contributed by atoms with E-state index in [0.29, 0.717) is 6.04 Å². The summed E-state index contributed by atoms with van der Waals surface area (Å²) in [5.74, 6) is 2.03. The van der Waals surface area contributed by atoms with Crippen LogP contribution < -0.4 is 5.73 Å². The van der Waals surface area contributed by atoms with Gasteiger partial charge in [-0.25, -0.2) is 0 Å². The van der Waals surface area contributed by atoms with Gasteiger partial charge in [0, 0.05) is 6.04 Å². The number of terminal acetylenes is 2. The Labute approximate surface area is 141 Å². The average molecular weight is 308 g/mol. The van der Waals surface area contributed by atoms with Crippen molar-refractivity contribution in [2.75, 3.05) is 0 Å². The molecular formula is C21H41N. The van der Waals surface area contributed by atoms with E-state index in [9.17, 15) is 0 Å². The van der Waals surface area contributed by atoms with E-state index in [1.54, 1.807) is 0 Å². The molecule has 2 saturated carbocycles. The molecule has 0 aromatic heterocycles. The van der Waals surface area contributed by atoms with Gasteiger partial charge in [-0.05, 0) is 31.1 Å². The van der Waals surface area contributed by atoms with E-state index in [4.69, 9.17) is 5.73 Å². The molecule has 0 bridgehead atoms. The second-order valence-electron chi connectivity index (χ2n) is 5.52. The highest BCUT2D eigenvalue weighted by Gasteiger charge is 2.23. The molecular weight excluding hydrogens is 266 g/mol. The van der Waals surface area contributed by atoms with Gasteiger partial charge in [-0.3, -0.25) is 0 Å². The molecule has 22 heavy (non-hydrogen) atoms. The van der Waals surface area contributed by atoms with E-state index in [1.165, 1.54) is 64.2 Å². The maximum atomic E-state index is 6.18. The zero-order chi connectivity index (χ0) is 17.8. The van der Waals surface area contributed by atoms with Crippen molar-refractivity contribution in [3.63, 3.8) is 0 Å². The Kier molecular flexibility index (Phi) is 26.4. The summed E-state index contributed by atoms with van der Waals surface area (Å²) in [5.41, 5.74) is 6.18. The maximum absolute atomic E-state index is 6.18. The summed E-state index contributed by atoms with van der Waals surface area (Å²) in [5, 5.41) is 0. The third kappa shape index (κ3) is 17.1. The van der Waals surface area contributed by atoms with Gasteiger partial charge in [-0.2, -0.15) is 0 Å². The van der Waals surface area contributed by atoms with Crippen molar-refractivity contribution in [1.82, 2.24) is 0 Å². The lowest BCUT2D eigenvalue weighted by atomic mass is 9.84. The van der Waals surface area contributed by atoms with Crippen LogP contribution in [0.1, 0.15) is 91.9 Å². The standard InChI is InChI=1S/C13H25N.2C2H6.2C2H2/c14-13(9-8-11-6-7-11)10-12-4-2-1-3-5-12;4*1-2/h11-13H,1-10,14H2;2*1-2H3;2*1-2H. The zero-order valence-electron chi connectivity index (χ0n) is 15.7. The summed E-state index contributed by atoms with van der Waals surface area (Å²) in [6.45, 7) is 8.00. The molecule has 0 spiro atoms. The Hall–Kier alpha value is -0.920. The molecule has 2 fully saturated rings. The van der Waals surface area contributed by atoms with Crippen molar-refractivity contribution >= 4 is 0 Å². The Bertz CT molecular complexity index is 213. The van der Waals surface area contributed by atoms with E-state index in [1.807, 2.05) is 27.7 Å². The molecule has 0 saturated heterocycles. The monoisotopic (exact) mass is 307 g/mol. The average Bonchev–Trinajstić information content (AvgIpc) is 3.46. The molecule has 2 aliphatic carbocycles. The van der Waals surface area contributed by atoms with Gasteiger partial charge in [0.05, 0.1) is 0 Å². The molecule has 1 nitrogen and oxygen atoms in total. The Morgan fingerprint density at radius 1 is 0.773 bits per heavy atom. The van der Waals surface area contributed by atoms with Gasteiger partial charge in [0.1, 0.15) is 0 Å².